The molecule has 0 atom stereocenters. The van der Waals surface area contributed by atoms with E-state index in [4.69, 9.17) is 14.6 Å². The Balaban J connectivity index is 1.94. The van der Waals surface area contributed by atoms with E-state index in [2.05, 4.69) is 28.2 Å². The molecule has 154 valence electrons. The van der Waals surface area contributed by atoms with E-state index < -0.39 is 10.0 Å². The molecule has 2 aromatic carbocycles. The molecule has 6 nitrogen and oxygen atoms in total. The lowest BCUT2D eigenvalue weighted by Gasteiger charge is -2.15. The molecule has 2 rings (SSSR count). The first kappa shape index (κ1) is 22.7. The Morgan fingerprint density at radius 2 is 1.75 bits per heavy atom. The highest BCUT2D eigenvalue weighted by Gasteiger charge is 2.11. The van der Waals surface area contributed by atoms with Crippen molar-refractivity contribution < 1.29 is 17.9 Å². The number of sulfonamides is 1. The molecule has 0 aliphatic carbocycles. The number of nitrogens with one attached hydrogen (secondary N) is 1. The van der Waals surface area contributed by atoms with Crippen LogP contribution in [0.3, 0.4) is 0 Å². The van der Waals surface area contributed by atoms with Crippen LogP contribution in [0.4, 0.5) is 0 Å². The first-order valence-corrected chi connectivity index (χ1v) is 11.6. The van der Waals surface area contributed by atoms with Crippen LogP contribution in [0.5, 0.6) is 11.5 Å². The molecule has 0 spiro atoms. The zero-order chi connectivity index (χ0) is 20.6. The molecule has 0 aromatic heterocycles. The molecule has 0 unspecified atom stereocenters. The Hall–Kier alpha value is -1.61. The van der Waals surface area contributed by atoms with Gasteiger partial charge in [-0.2, -0.15) is 0 Å². The monoisotopic (exact) mass is 470 g/mol. The van der Waals surface area contributed by atoms with Gasteiger partial charge in [0.05, 0.1) is 18.1 Å². The van der Waals surface area contributed by atoms with Gasteiger partial charge in [-0.15, -0.1) is 0 Å². The lowest BCUT2D eigenvalue weighted by molar-refractivity contribution is 0.276. The molecule has 0 amide bonds. The van der Waals surface area contributed by atoms with Gasteiger partial charge in [0.25, 0.3) is 0 Å². The fraction of sp³-hybridized carbons (Fsp3) is 0.400. The molecule has 0 bridgehead atoms. The molecule has 0 aliphatic rings. The SMILES string of the molecule is CCCOc1cc(Br)c(CNCCc2ccc(S(N)(=O)=O)cc2)cc1OCC. The largest absolute Gasteiger partial charge is 0.490 e. The fourth-order valence-corrected chi connectivity index (χ4v) is 3.59. The fourth-order valence-electron chi connectivity index (χ4n) is 2.61. The quantitative estimate of drug-likeness (QED) is 0.489. The summed E-state index contributed by atoms with van der Waals surface area (Å²) in [6.45, 7) is 6.66. The van der Waals surface area contributed by atoms with Crippen molar-refractivity contribution in [2.24, 2.45) is 5.14 Å². The van der Waals surface area contributed by atoms with Crippen molar-refractivity contribution in [3.63, 3.8) is 0 Å². The van der Waals surface area contributed by atoms with E-state index in [0.29, 0.717) is 19.8 Å². The third-order valence-electron chi connectivity index (χ3n) is 4.03. The van der Waals surface area contributed by atoms with Gasteiger partial charge in [-0.25, -0.2) is 13.6 Å². The van der Waals surface area contributed by atoms with E-state index >= 15 is 0 Å². The van der Waals surface area contributed by atoms with Crippen LogP contribution < -0.4 is 19.9 Å². The molecular weight excluding hydrogens is 444 g/mol. The van der Waals surface area contributed by atoms with Crippen molar-refractivity contribution in [2.45, 2.75) is 38.1 Å². The van der Waals surface area contributed by atoms with Crippen molar-refractivity contribution in [2.75, 3.05) is 19.8 Å². The van der Waals surface area contributed by atoms with Gasteiger partial charge in [0.1, 0.15) is 0 Å². The van der Waals surface area contributed by atoms with E-state index in [1.807, 2.05) is 19.1 Å². The van der Waals surface area contributed by atoms with Crippen LogP contribution in [-0.2, 0) is 23.0 Å². The second-order valence-electron chi connectivity index (χ2n) is 6.29. The summed E-state index contributed by atoms with van der Waals surface area (Å²) < 4.78 is 35.0. The molecule has 0 radical (unpaired) electrons. The highest BCUT2D eigenvalue weighted by molar-refractivity contribution is 9.10. The minimum Gasteiger partial charge on any atom is -0.490 e. The van der Waals surface area contributed by atoms with E-state index in [-0.39, 0.29) is 4.90 Å². The summed E-state index contributed by atoms with van der Waals surface area (Å²) in [7, 11) is -3.65. The summed E-state index contributed by atoms with van der Waals surface area (Å²) in [5.41, 5.74) is 2.12. The van der Waals surface area contributed by atoms with E-state index in [0.717, 1.165) is 46.5 Å². The zero-order valence-corrected chi connectivity index (χ0v) is 18.6. The van der Waals surface area contributed by atoms with Gasteiger partial charge in [-0.3, -0.25) is 0 Å². The molecule has 0 aliphatic heterocycles. The van der Waals surface area contributed by atoms with Gasteiger partial charge >= 0.3 is 0 Å². The molecule has 0 fully saturated rings. The zero-order valence-electron chi connectivity index (χ0n) is 16.2. The van der Waals surface area contributed by atoms with Gasteiger partial charge in [0, 0.05) is 11.0 Å². The first-order chi connectivity index (χ1) is 13.3. The summed E-state index contributed by atoms with van der Waals surface area (Å²) in [6, 6.07) is 10.6. The summed E-state index contributed by atoms with van der Waals surface area (Å²) in [5.74, 6) is 1.49. The van der Waals surface area contributed by atoms with Gasteiger partial charge < -0.3 is 14.8 Å². The molecule has 2 aromatic rings. The second-order valence-corrected chi connectivity index (χ2v) is 8.70. The lowest BCUT2D eigenvalue weighted by Crippen LogP contribution is -2.17. The van der Waals surface area contributed by atoms with Crippen LogP contribution in [0.1, 0.15) is 31.4 Å². The molecular formula is C20H27BrN2O4S. The van der Waals surface area contributed by atoms with Gasteiger partial charge in [-0.05, 0) is 61.7 Å². The maximum atomic E-state index is 11.3. The maximum Gasteiger partial charge on any atom is 0.238 e. The van der Waals surface area contributed by atoms with Crippen LogP contribution >= 0.6 is 15.9 Å². The molecule has 0 heterocycles. The Kier molecular flexibility index (Phi) is 8.75. The Bertz CT molecular complexity index is 871. The van der Waals surface area contributed by atoms with Crippen LogP contribution in [0, 0.1) is 0 Å². The molecule has 0 saturated carbocycles. The van der Waals surface area contributed by atoms with Crippen molar-refractivity contribution >= 4 is 26.0 Å². The van der Waals surface area contributed by atoms with E-state index in [1.165, 1.54) is 12.1 Å². The van der Waals surface area contributed by atoms with Gasteiger partial charge in [-0.1, -0.05) is 35.0 Å². The Morgan fingerprint density at radius 3 is 2.36 bits per heavy atom. The van der Waals surface area contributed by atoms with Crippen LogP contribution in [0.15, 0.2) is 45.8 Å². The number of primary sulfonamides is 1. The minimum atomic E-state index is -3.65. The van der Waals surface area contributed by atoms with Gasteiger partial charge in [0.2, 0.25) is 10.0 Å². The standard InChI is InChI=1S/C20H27BrN2O4S/c1-3-11-27-20-13-18(21)16(12-19(20)26-4-2)14-23-10-9-15-5-7-17(8-6-15)28(22,24)25/h5-8,12-13,23H,3-4,9-11,14H2,1-2H3,(H2,22,24,25). The predicted octanol–water partition coefficient (Wildman–Crippen LogP) is 3.62. The highest BCUT2D eigenvalue weighted by Crippen LogP contribution is 2.34. The number of hydrogen-bond acceptors (Lipinski definition) is 5. The molecule has 8 heteroatoms. The van der Waals surface area contributed by atoms with Crippen LogP contribution in [0.25, 0.3) is 0 Å². The summed E-state index contributed by atoms with van der Waals surface area (Å²) in [4.78, 5) is 0.127. The summed E-state index contributed by atoms with van der Waals surface area (Å²) in [6.07, 6.45) is 1.71. The first-order valence-electron chi connectivity index (χ1n) is 9.25. The normalized spacial score (nSPS) is 11.4. The van der Waals surface area contributed by atoms with E-state index in [9.17, 15) is 8.42 Å². The van der Waals surface area contributed by atoms with Gasteiger partial charge in [0.15, 0.2) is 11.5 Å². The number of rotatable bonds is 11. The number of hydrogen-bond donors (Lipinski definition) is 2. The topological polar surface area (TPSA) is 90.6 Å². The highest BCUT2D eigenvalue weighted by atomic mass is 79.9. The smallest absolute Gasteiger partial charge is 0.238 e. The van der Waals surface area contributed by atoms with E-state index in [1.54, 1.807) is 12.1 Å². The Morgan fingerprint density at radius 1 is 1.07 bits per heavy atom. The lowest BCUT2D eigenvalue weighted by atomic mass is 10.1. The third-order valence-corrected chi connectivity index (χ3v) is 5.70. The van der Waals surface area contributed by atoms with Crippen molar-refractivity contribution in [3.05, 3.63) is 52.0 Å². The number of nitrogens with two attached hydrogens (primary N) is 1. The number of halogens is 1. The minimum absolute atomic E-state index is 0.127. The maximum absolute atomic E-state index is 11.3. The molecule has 0 saturated heterocycles. The van der Waals surface area contributed by atoms with Crippen molar-refractivity contribution in [3.8, 4) is 11.5 Å². The van der Waals surface area contributed by atoms with Crippen molar-refractivity contribution in [1.29, 1.82) is 0 Å². The van der Waals surface area contributed by atoms with Crippen molar-refractivity contribution in [1.82, 2.24) is 5.32 Å². The number of benzene rings is 2. The van der Waals surface area contributed by atoms with Crippen LogP contribution in [-0.4, -0.2) is 28.2 Å². The summed E-state index contributed by atoms with van der Waals surface area (Å²) >= 11 is 3.60. The molecule has 3 N–H and O–H groups in total. The van der Waals surface area contributed by atoms with Crippen LogP contribution in [0.2, 0.25) is 0 Å². The molecule has 28 heavy (non-hydrogen) atoms. The number of ether oxygens (including phenoxy) is 2. The second kappa shape index (κ2) is 10.8. The average molecular weight is 471 g/mol. The Labute approximate surface area is 175 Å². The summed E-state index contributed by atoms with van der Waals surface area (Å²) in [5, 5.41) is 8.51. The predicted molar refractivity (Wildman–Crippen MR) is 114 cm³/mol. The third kappa shape index (κ3) is 6.77. The average Bonchev–Trinajstić information content (AvgIpc) is 2.65.